The molecule has 0 saturated heterocycles. The van der Waals surface area contributed by atoms with E-state index in [-0.39, 0.29) is 0 Å². The second kappa shape index (κ2) is 10.9. The molecule has 10 aromatic carbocycles. The van der Waals surface area contributed by atoms with E-state index in [1.165, 1.54) is 0 Å². The zero-order valence-electron chi connectivity index (χ0n) is 55.4. The molecule has 0 radical (unpaired) electrons. The van der Waals surface area contributed by atoms with E-state index < -0.39 is 290 Å². The van der Waals surface area contributed by atoms with Crippen LogP contribution in [0.3, 0.4) is 0 Å². The standard InChI is InChI=1S/C50H30O/c1-2-13-33-28-36(27-26-31(33)12-1)48-37-18-5-7-20-40(37)49(41-21-8-6-19-38(41)48)43-24-10-17-32-16-9-22-39(47(32)43)42-23-11-25-45-50(42)44-29-34-14-3-4-15-35(34)30-46(44)51-45/h1-30H/i1D,2D,3D,4D,5D,6D,7D,8D,9D,10D,11D,12D,13D,14D,15D,16D,17D,18D,19D,20D,21D,22D,23D,24D,25D,26D,27D,28D,29D,30D. The summed E-state index contributed by atoms with van der Waals surface area (Å²) in [5.74, 6) is 0. The predicted molar refractivity (Wildman–Crippen MR) is 218 cm³/mol. The highest BCUT2D eigenvalue weighted by Crippen LogP contribution is 2.48. The van der Waals surface area contributed by atoms with Gasteiger partial charge in [0.25, 0.3) is 0 Å². The largest absolute Gasteiger partial charge is 0.456 e. The van der Waals surface area contributed by atoms with Crippen LogP contribution in [0.4, 0.5) is 0 Å². The zero-order chi connectivity index (χ0) is 59.6. The van der Waals surface area contributed by atoms with Crippen molar-refractivity contribution in [1.82, 2.24) is 0 Å². The zero-order valence-corrected chi connectivity index (χ0v) is 25.4. The lowest BCUT2D eigenvalue weighted by molar-refractivity contribution is 0.669. The Morgan fingerprint density at radius 3 is 1.51 bits per heavy atom. The Labute approximate surface area is 336 Å². The molecule has 51 heavy (non-hydrogen) atoms. The maximum atomic E-state index is 9.84. The first-order chi connectivity index (χ1) is 37.8. The number of hydrogen-bond acceptors (Lipinski definition) is 1. The maximum Gasteiger partial charge on any atom is 0.136 e. The summed E-state index contributed by atoms with van der Waals surface area (Å²) < 4.78 is 280. The monoisotopic (exact) mass is 676 g/mol. The van der Waals surface area contributed by atoms with Crippen molar-refractivity contribution in [1.29, 1.82) is 0 Å². The molecule has 1 heteroatoms. The first kappa shape index (κ1) is 11.7. The van der Waals surface area contributed by atoms with Gasteiger partial charge in [0.1, 0.15) is 11.2 Å². The molecule has 0 unspecified atom stereocenters. The molecule has 0 aliphatic heterocycles. The molecule has 1 heterocycles. The molecule has 0 saturated carbocycles. The smallest absolute Gasteiger partial charge is 0.136 e. The molecule has 0 spiro atoms. The van der Waals surface area contributed by atoms with Crippen molar-refractivity contribution in [3.8, 4) is 33.4 Å². The fourth-order valence-corrected chi connectivity index (χ4v) is 6.48. The molecule has 11 aromatic rings. The summed E-state index contributed by atoms with van der Waals surface area (Å²) in [5, 5.41) is -8.40. The van der Waals surface area contributed by atoms with E-state index in [1.807, 2.05) is 0 Å². The van der Waals surface area contributed by atoms with Crippen LogP contribution in [0.1, 0.15) is 41.1 Å². The van der Waals surface area contributed by atoms with Gasteiger partial charge >= 0.3 is 0 Å². The van der Waals surface area contributed by atoms with Gasteiger partial charge in [-0.25, -0.2) is 0 Å². The first-order valence-electron chi connectivity index (χ1n) is 30.2. The van der Waals surface area contributed by atoms with Crippen LogP contribution >= 0.6 is 0 Å². The fraction of sp³-hybridized carbons (Fsp3) is 0. The van der Waals surface area contributed by atoms with Crippen LogP contribution in [-0.2, 0) is 0 Å². The Morgan fingerprint density at radius 1 is 0.314 bits per heavy atom. The topological polar surface area (TPSA) is 13.1 Å². The van der Waals surface area contributed by atoms with E-state index in [0.717, 1.165) is 0 Å². The fourth-order valence-electron chi connectivity index (χ4n) is 6.48. The molecular weight excluding hydrogens is 617 g/mol. The summed E-state index contributed by atoms with van der Waals surface area (Å²) in [6.07, 6.45) is 0. The molecule has 0 aliphatic rings. The van der Waals surface area contributed by atoms with Crippen LogP contribution < -0.4 is 0 Å². The Bertz CT molecular complexity index is 4840. The SMILES string of the molecule is [2H]c1c([2H])c(-c2c([2H])c([2H])c([2H])c3c([2H])c([2H])c([2H])c(-c4c5c([2H])c([2H])c([2H])c([2H])c5c(-c5c([2H])c([2H])c6c([2H])c([2H])c([2H])c([2H])c6c5[2H])c5c([2H])c([2H])c([2H])c([2H])c45)c23)c2c(oc3c([2H])c4c([2H])c([2H])c([2H])c([2H])c4c([2H])c32)c1[2H]. The lowest BCUT2D eigenvalue weighted by Gasteiger charge is -2.20. The number of hydrogen-bond donors (Lipinski definition) is 0. The average Bonchev–Trinajstić information content (AvgIpc) is 2.45. The molecule has 0 fully saturated rings. The third-order valence-electron chi connectivity index (χ3n) is 8.57. The summed E-state index contributed by atoms with van der Waals surface area (Å²) in [5.41, 5.74) is -6.29. The van der Waals surface area contributed by atoms with E-state index in [0.29, 0.717) is 0 Å². The van der Waals surface area contributed by atoms with Crippen molar-refractivity contribution in [2.24, 2.45) is 0 Å². The van der Waals surface area contributed by atoms with Gasteiger partial charge in [-0.3, -0.25) is 0 Å². The van der Waals surface area contributed by atoms with Crippen molar-refractivity contribution >= 4 is 75.8 Å². The van der Waals surface area contributed by atoms with Crippen LogP contribution in [-0.4, -0.2) is 0 Å². The molecule has 0 N–H and O–H groups in total. The number of rotatable bonds is 3. The Hall–Kier alpha value is -6.70. The van der Waals surface area contributed by atoms with E-state index >= 15 is 0 Å². The van der Waals surface area contributed by atoms with Gasteiger partial charge in [-0.15, -0.1) is 0 Å². The van der Waals surface area contributed by atoms with Gasteiger partial charge in [-0.2, -0.15) is 0 Å². The number of fused-ring (bicyclic) bond motifs is 8. The molecule has 0 bridgehead atoms. The Kier molecular flexibility index (Phi) is 2.50. The van der Waals surface area contributed by atoms with Crippen molar-refractivity contribution in [2.45, 2.75) is 0 Å². The highest BCUT2D eigenvalue weighted by atomic mass is 16.3. The second-order valence-electron chi connectivity index (χ2n) is 11.3. The highest BCUT2D eigenvalue weighted by Gasteiger charge is 2.21. The quantitative estimate of drug-likeness (QED) is 0.170. The van der Waals surface area contributed by atoms with Gasteiger partial charge < -0.3 is 4.42 Å². The molecule has 1 aromatic heterocycles. The summed E-state index contributed by atoms with van der Waals surface area (Å²) >= 11 is 0. The van der Waals surface area contributed by atoms with Crippen LogP contribution in [0.25, 0.3) is 109 Å². The van der Waals surface area contributed by atoms with Crippen LogP contribution in [0.5, 0.6) is 0 Å². The van der Waals surface area contributed by atoms with Gasteiger partial charge in [-0.1, -0.05) is 157 Å². The van der Waals surface area contributed by atoms with Crippen LogP contribution in [0.2, 0.25) is 0 Å². The van der Waals surface area contributed by atoms with Crippen molar-refractivity contribution in [2.75, 3.05) is 0 Å². The third kappa shape index (κ3) is 4.22. The highest BCUT2D eigenvalue weighted by molar-refractivity contribution is 6.26. The van der Waals surface area contributed by atoms with E-state index in [4.69, 9.17) is 25.0 Å². The third-order valence-corrected chi connectivity index (χ3v) is 8.57. The lowest BCUT2D eigenvalue weighted by atomic mass is 9.83. The molecule has 1 nitrogen and oxygen atoms in total. The van der Waals surface area contributed by atoms with E-state index in [9.17, 15) is 20.6 Å². The van der Waals surface area contributed by atoms with E-state index in [2.05, 4.69) is 0 Å². The second-order valence-corrected chi connectivity index (χ2v) is 11.3. The van der Waals surface area contributed by atoms with Gasteiger partial charge in [0.05, 0.1) is 41.1 Å². The van der Waals surface area contributed by atoms with Gasteiger partial charge in [-0.05, 0) is 111 Å². The first-order valence-corrected chi connectivity index (χ1v) is 15.2. The molecule has 11 rings (SSSR count). The van der Waals surface area contributed by atoms with Gasteiger partial charge in [0.15, 0.2) is 0 Å². The average molecular weight is 677 g/mol. The molecular formula is C50H30O. The number of furan rings is 1. The van der Waals surface area contributed by atoms with Gasteiger partial charge in [0.2, 0.25) is 0 Å². The van der Waals surface area contributed by atoms with E-state index in [1.54, 1.807) is 0 Å². The molecule has 0 aliphatic carbocycles. The van der Waals surface area contributed by atoms with Gasteiger partial charge in [0, 0.05) is 10.8 Å². The maximum absolute atomic E-state index is 9.84. The van der Waals surface area contributed by atoms with Crippen LogP contribution in [0.15, 0.2) is 186 Å². The summed E-state index contributed by atoms with van der Waals surface area (Å²) in [6, 6.07) is -28.9. The summed E-state index contributed by atoms with van der Waals surface area (Å²) in [7, 11) is 0. The minimum Gasteiger partial charge on any atom is -0.456 e. The predicted octanol–water partition coefficient (Wildman–Crippen LogP) is 14.4. The summed E-state index contributed by atoms with van der Waals surface area (Å²) in [6.45, 7) is 0. The number of benzene rings is 10. The van der Waals surface area contributed by atoms with Crippen molar-refractivity contribution in [3.05, 3.63) is 181 Å². The van der Waals surface area contributed by atoms with Crippen LogP contribution in [0, 0.1) is 0 Å². The summed E-state index contributed by atoms with van der Waals surface area (Å²) in [4.78, 5) is 0. The lowest BCUT2D eigenvalue weighted by Crippen LogP contribution is -1.93. The minimum atomic E-state index is -1.13. The molecule has 0 atom stereocenters. The molecule has 0 amide bonds. The van der Waals surface area contributed by atoms with Crippen molar-refractivity contribution in [3.63, 3.8) is 0 Å². The normalized spacial score (nSPS) is 20.2. The molecule has 236 valence electrons. The van der Waals surface area contributed by atoms with Crippen molar-refractivity contribution < 1.29 is 45.5 Å². The Morgan fingerprint density at radius 2 is 0.824 bits per heavy atom. The Balaban J connectivity index is 1.49. The minimum absolute atomic E-state index is 0.511.